The largest absolute Gasteiger partial charge is 0.480 e. The summed E-state index contributed by atoms with van der Waals surface area (Å²) in [5.41, 5.74) is 0.889. The molecule has 22 heavy (non-hydrogen) atoms. The Morgan fingerprint density at radius 3 is 2.27 bits per heavy atom. The maximum Gasteiger partial charge on any atom is 0.326 e. The van der Waals surface area contributed by atoms with Crippen molar-refractivity contribution in [3.63, 3.8) is 0 Å². The first-order chi connectivity index (χ1) is 10.2. The minimum atomic E-state index is -3.13. The SMILES string of the molecule is CCCC[C@H](NC(=O)c1ccc(CS(C)(=O)=O)cc1)C(=O)O. The molecule has 1 aromatic rings. The summed E-state index contributed by atoms with van der Waals surface area (Å²) in [4.78, 5) is 23.1. The van der Waals surface area contributed by atoms with E-state index in [1.165, 1.54) is 12.1 Å². The van der Waals surface area contributed by atoms with E-state index in [0.717, 1.165) is 12.7 Å². The third-order valence-electron chi connectivity index (χ3n) is 3.09. The Morgan fingerprint density at radius 1 is 1.23 bits per heavy atom. The highest BCUT2D eigenvalue weighted by atomic mass is 32.2. The molecule has 0 spiro atoms. The van der Waals surface area contributed by atoms with Crippen LogP contribution in [-0.2, 0) is 20.4 Å². The van der Waals surface area contributed by atoms with Gasteiger partial charge in [-0.25, -0.2) is 13.2 Å². The summed E-state index contributed by atoms with van der Waals surface area (Å²) in [6.07, 6.45) is 3.08. The molecule has 0 saturated carbocycles. The van der Waals surface area contributed by atoms with Crippen molar-refractivity contribution < 1.29 is 23.1 Å². The van der Waals surface area contributed by atoms with Crippen molar-refractivity contribution >= 4 is 21.7 Å². The lowest BCUT2D eigenvalue weighted by molar-refractivity contribution is -0.139. The van der Waals surface area contributed by atoms with Crippen molar-refractivity contribution in [3.05, 3.63) is 35.4 Å². The summed E-state index contributed by atoms with van der Waals surface area (Å²) >= 11 is 0. The number of aliphatic carboxylic acids is 1. The molecule has 122 valence electrons. The third kappa shape index (κ3) is 6.26. The molecule has 0 unspecified atom stereocenters. The first kappa shape index (κ1) is 18.2. The molecule has 1 atom stereocenters. The van der Waals surface area contributed by atoms with Crippen molar-refractivity contribution in [2.75, 3.05) is 6.26 Å². The first-order valence-corrected chi connectivity index (χ1v) is 9.09. The smallest absolute Gasteiger partial charge is 0.326 e. The van der Waals surface area contributed by atoms with E-state index >= 15 is 0 Å². The molecule has 6 nitrogen and oxygen atoms in total. The zero-order valence-electron chi connectivity index (χ0n) is 12.7. The highest BCUT2D eigenvalue weighted by Crippen LogP contribution is 2.09. The van der Waals surface area contributed by atoms with Crippen LogP contribution in [0.25, 0.3) is 0 Å². The number of sulfone groups is 1. The number of carbonyl (C=O) groups is 2. The van der Waals surface area contributed by atoms with E-state index in [2.05, 4.69) is 5.32 Å². The van der Waals surface area contributed by atoms with Gasteiger partial charge in [-0.3, -0.25) is 4.79 Å². The molecule has 7 heteroatoms. The second-order valence-corrected chi connectivity index (χ2v) is 7.41. The molecule has 1 amide bonds. The Morgan fingerprint density at radius 2 is 1.82 bits per heavy atom. The van der Waals surface area contributed by atoms with E-state index in [4.69, 9.17) is 5.11 Å². The fourth-order valence-electron chi connectivity index (χ4n) is 1.96. The van der Waals surface area contributed by atoms with Crippen molar-refractivity contribution in [3.8, 4) is 0 Å². The molecule has 0 fully saturated rings. The number of hydrogen-bond acceptors (Lipinski definition) is 4. The zero-order valence-corrected chi connectivity index (χ0v) is 13.5. The van der Waals surface area contributed by atoms with Gasteiger partial charge in [-0.05, 0) is 24.1 Å². The summed E-state index contributed by atoms with van der Waals surface area (Å²) in [7, 11) is -3.13. The number of carboxylic acids is 1. The van der Waals surface area contributed by atoms with Gasteiger partial charge in [0, 0.05) is 11.8 Å². The number of carboxylic acid groups (broad SMARTS) is 1. The van der Waals surface area contributed by atoms with E-state index < -0.39 is 27.8 Å². The quantitative estimate of drug-likeness (QED) is 0.755. The lowest BCUT2D eigenvalue weighted by atomic mass is 10.1. The average Bonchev–Trinajstić information content (AvgIpc) is 2.42. The molecule has 2 N–H and O–H groups in total. The van der Waals surface area contributed by atoms with Crippen LogP contribution in [0.15, 0.2) is 24.3 Å². The van der Waals surface area contributed by atoms with Gasteiger partial charge < -0.3 is 10.4 Å². The van der Waals surface area contributed by atoms with Crippen LogP contribution in [0.4, 0.5) is 0 Å². The summed E-state index contributed by atoms with van der Waals surface area (Å²) in [5, 5.41) is 11.6. The summed E-state index contributed by atoms with van der Waals surface area (Å²) in [5.74, 6) is -1.63. The van der Waals surface area contributed by atoms with Crippen LogP contribution < -0.4 is 5.32 Å². The van der Waals surface area contributed by atoms with E-state index in [1.54, 1.807) is 12.1 Å². The Labute approximate surface area is 130 Å². The van der Waals surface area contributed by atoms with E-state index in [9.17, 15) is 18.0 Å². The van der Waals surface area contributed by atoms with Gasteiger partial charge in [-0.15, -0.1) is 0 Å². The van der Waals surface area contributed by atoms with Crippen molar-refractivity contribution in [1.29, 1.82) is 0 Å². The molecule has 1 aromatic carbocycles. The maximum absolute atomic E-state index is 12.0. The minimum Gasteiger partial charge on any atom is -0.480 e. The van der Waals surface area contributed by atoms with E-state index in [-0.39, 0.29) is 5.75 Å². The van der Waals surface area contributed by atoms with E-state index in [1.807, 2.05) is 6.92 Å². The molecule has 0 aliphatic carbocycles. The van der Waals surface area contributed by atoms with Crippen molar-refractivity contribution in [2.24, 2.45) is 0 Å². The predicted octanol–water partition coefficient (Wildman–Crippen LogP) is 1.60. The van der Waals surface area contributed by atoms with E-state index in [0.29, 0.717) is 24.0 Å². The highest BCUT2D eigenvalue weighted by molar-refractivity contribution is 7.89. The number of hydrogen-bond donors (Lipinski definition) is 2. The van der Waals surface area contributed by atoms with Crippen LogP contribution in [0.1, 0.15) is 42.1 Å². The van der Waals surface area contributed by atoms with Crippen LogP contribution in [0, 0.1) is 0 Å². The van der Waals surface area contributed by atoms with Crippen molar-refractivity contribution in [1.82, 2.24) is 5.32 Å². The average molecular weight is 327 g/mol. The number of carbonyl (C=O) groups excluding carboxylic acids is 1. The second-order valence-electron chi connectivity index (χ2n) is 5.27. The van der Waals surface area contributed by atoms with Gasteiger partial charge in [0.2, 0.25) is 0 Å². The monoisotopic (exact) mass is 327 g/mol. The molecule has 0 aliphatic rings. The third-order valence-corrected chi connectivity index (χ3v) is 3.95. The van der Waals surface area contributed by atoms with Gasteiger partial charge >= 0.3 is 5.97 Å². The first-order valence-electron chi connectivity index (χ1n) is 7.03. The van der Waals surface area contributed by atoms with Crippen LogP contribution in [0.2, 0.25) is 0 Å². The second kappa shape index (κ2) is 7.93. The molecule has 0 aromatic heterocycles. The molecular formula is C15H21NO5S. The van der Waals surface area contributed by atoms with Gasteiger partial charge in [0.15, 0.2) is 9.84 Å². The normalized spacial score (nSPS) is 12.6. The summed E-state index contributed by atoms with van der Waals surface area (Å²) in [6, 6.07) is 5.18. The van der Waals surface area contributed by atoms with Gasteiger partial charge in [-0.1, -0.05) is 31.9 Å². The Hall–Kier alpha value is -1.89. The number of benzene rings is 1. The van der Waals surface area contributed by atoms with Crippen LogP contribution in [0.3, 0.4) is 0 Å². The summed E-state index contributed by atoms with van der Waals surface area (Å²) < 4.78 is 22.4. The molecular weight excluding hydrogens is 306 g/mol. The predicted molar refractivity (Wildman–Crippen MR) is 83.4 cm³/mol. The molecule has 0 saturated heterocycles. The number of unbranched alkanes of at least 4 members (excludes halogenated alkanes) is 1. The van der Waals surface area contributed by atoms with Crippen molar-refractivity contribution in [2.45, 2.75) is 38.0 Å². The molecule has 1 rings (SSSR count). The van der Waals surface area contributed by atoms with Crippen LogP contribution in [-0.4, -0.2) is 37.7 Å². The van der Waals surface area contributed by atoms with Gasteiger partial charge in [-0.2, -0.15) is 0 Å². The lowest BCUT2D eigenvalue weighted by Gasteiger charge is -2.14. The number of rotatable bonds is 8. The maximum atomic E-state index is 12.0. The Bertz CT molecular complexity index is 622. The fraction of sp³-hybridized carbons (Fsp3) is 0.467. The molecule has 0 radical (unpaired) electrons. The summed E-state index contributed by atoms with van der Waals surface area (Å²) in [6.45, 7) is 1.95. The molecule has 0 aliphatic heterocycles. The minimum absolute atomic E-state index is 0.0941. The fourth-order valence-corrected chi connectivity index (χ4v) is 2.76. The molecule has 0 bridgehead atoms. The van der Waals surface area contributed by atoms with Crippen LogP contribution in [0.5, 0.6) is 0 Å². The van der Waals surface area contributed by atoms with Gasteiger partial charge in [0.25, 0.3) is 5.91 Å². The topological polar surface area (TPSA) is 101 Å². The Kier molecular flexibility index (Phi) is 6.55. The number of amides is 1. The number of nitrogens with one attached hydrogen (secondary N) is 1. The zero-order chi connectivity index (χ0) is 16.8. The lowest BCUT2D eigenvalue weighted by Crippen LogP contribution is -2.40. The van der Waals surface area contributed by atoms with Gasteiger partial charge in [0.1, 0.15) is 6.04 Å². The van der Waals surface area contributed by atoms with Crippen LogP contribution >= 0.6 is 0 Å². The van der Waals surface area contributed by atoms with Gasteiger partial charge in [0.05, 0.1) is 5.75 Å². The molecule has 0 heterocycles. The Balaban J connectivity index is 2.74. The highest BCUT2D eigenvalue weighted by Gasteiger charge is 2.20. The standard InChI is InChI=1S/C15H21NO5S/c1-3-4-5-13(15(18)19)16-14(17)12-8-6-11(7-9-12)10-22(2,20)21/h6-9,13H,3-5,10H2,1-2H3,(H,16,17)(H,18,19)/t13-/m0/s1.